The van der Waals surface area contributed by atoms with E-state index in [1.165, 1.54) is 6.42 Å². The standard InChI is InChI=1S/C22H27N5O/c1-14-6-7-18(15(2)24-14)19-8-9-23-22(25-19)26-11-16-10-17(13-26)20-4-3-5-21(28)27(20)12-16/h6-9,16-17,20H,3-5,10-13H2,1-2H3/t16-,17-,20+/m1/s1. The van der Waals surface area contributed by atoms with Gasteiger partial charge in [0.25, 0.3) is 0 Å². The van der Waals surface area contributed by atoms with Gasteiger partial charge in [0, 0.05) is 55.2 Å². The molecule has 3 saturated heterocycles. The van der Waals surface area contributed by atoms with E-state index in [1.54, 1.807) is 0 Å². The molecule has 146 valence electrons. The number of piperidine rings is 3. The number of aromatic nitrogens is 3. The van der Waals surface area contributed by atoms with E-state index in [1.807, 2.05) is 32.2 Å². The summed E-state index contributed by atoms with van der Waals surface area (Å²) in [6.45, 7) is 6.82. The number of nitrogens with zero attached hydrogens (tertiary/aromatic N) is 5. The Morgan fingerprint density at radius 3 is 2.82 bits per heavy atom. The molecule has 0 radical (unpaired) electrons. The zero-order valence-corrected chi connectivity index (χ0v) is 16.6. The molecule has 0 spiro atoms. The molecule has 3 fully saturated rings. The highest BCUT2D eigenvalue weighted by Gasteiger charge is 2.44. The largest absolute Gasteiger partial charge is 0.340 e. The van der Waals surface area contributed by atoms with Crippen LogP contribution in [0.1, 0.15) is 37.1 Å². The van der Waals surface area contributed by atoms with Gasteiger partial charge in [-0.25, -0.2) is 9.97 Å². The number of pyridine rings is 1. The van der Waals surface area contributed by atoms with Crippen LogP contribution >= 0.6 is 0 Å². The summed E-state index contributed by atoms with van der Waals surface area (Å²) in [6, 6.07) is 6.51. The van der Waals surface area contributed by atoms with E-state index >= 15 is 0 Å². The highest BCUT2D eigenvalue weighted by atomic mass is 16.2. The summed E-state index contributed by atoms with van der Waals surface area (Å²) >= 11 is 0. The lowest BCUT2D eigenvalue weighted by molar-refractivity contribution is -0.142. The lowest BCUT2D eigenvalue weighted by Gasteiger charge is -2.52. The normalized spacial score (nSPS) is 26.9. The van der Waals surface area contributed by atoms with Crippen LogP contribution in [0.25, 0.3) is 11.3 Å². The minimum Gasteiger partial charge on any atom is -0.340 e. The first-order chi connectivity index (χ1) is 13.6. The molecule has 0 unspecified atom stereocenters. The first-order valence-electron chi connectivity index (χ1n) is 10.4. The van der Waals surface area contributed by atoms with Gasteiger partial charge in [0.05, 0.1) is 5.69 Å². The molecule has 28 heavy (non-hydrogen) atoms. The monoisotopic (exact) mass is 377 g/mol. The van der Waals surface area contributed by atoms with Gasteiger partial charge >= 0.3 is 0 Å². The summed E-state index contributed by atoms with van der Waals surface area (Å²) in [7, 11) is 0. The molecular formula is C22H27N5O. The minimum absolute atomic E-state index is 0.361. The molecule has 3 aliphatic rings. The van der Waals surface area contributed by atoms with Gasteiger partial charge in [-0.15, -0.1) is 0 Å². The quantitative estimate of drug-likeness (QED) is 0.805. The maximum Gasteiger partial charge on any atom is 0.225 e. The molecule has 2 aromatic rings. The van der Waals surface area contributed by atoms with E-state index in [0.29, 0.717) is 23.8 Å². The number of fused-ring (bicyclic) bond motifs is 4. The molecule has 0 N–H and O–H groups in total. The van der Waals surface area contributed by atoms with E-state index < -0.39 is 0 Å². The molecule has 3 atom stereocenters. The van der Waals surface area contributed by atoms with Gasteiger partial charge in [0.2, 0.25) is 11.9 Å². The van der Waals surface area contributed by atoms with Gasteiger partial charge in [-0.1, -0.05) is 0 Å². The molecule has 0 aromatic carbocycles. The number of carbonyl (C=O) groups excluding carboxylic acids is 1. The van der Waals surface area contributed by atoms with Crippen LogP contribution in [0.4, 0.5) is 5.95 Å². The Hall–Kier alpha value is -2.50. The summed E-state index contributed by atoms with van der Waals surface area (Å²) in [5, 5.41) is 0. The van der Waals surface area contributed by atoms with Crippen molar-refractivity contribution in [2.24, 2.45) is 11.8 Å². The number of hydrogen-bond acceptors (Lipinski definition) is 5. The third kappa shape index (κ3) is 3.05. The van der Waals surface area contributed by atoms with E-state index in [9.17, 15) is 4.79 Å². The lowest BCUT2D eigenvalue weighted by Crippen LogP contribution is -2.60. The first kappa shape index (κ1) is 17.6. The Kier molecular flexibility index (Phi) is 4.29. The third-order valence-corrected chi connectivity index (χ3v) is 6.61. The Morgan fingerprint density at radius 2 is 1.96 bits per heavy atom. The van der Waals surface area contributed by atoms with E-state index in [4.69, 9.17) is 4.98 Å². The molecule has 0 saturated carbocycles. The average molecular weight is 377 g/mol. The zero-order chi connectivity index (χ0) is 19.3. The maximum absolute atomic E-state index is 12.4. The Labute approximate surface area is 166 Å². The number of rotatable bonds is 2. The van der Waals surface area contributed by atoms with Crippen LogP contribution in [-0.2, 0) is 4.79 Å². The topological polar surface area (TPSA) is 62.2 Å². The van der Waals surface area contributed by atoms with Crippen molar-refractivity contribution in [1.82, 2.24) is 19.9 Å². The highest BCUT2D eigenvalue weighted by molar-refractivity contribution is 5.77. The van der Waals surface area contributed by atoms with Gasteiger partial charge in [0.1, 0.15) is 0 Å². The van der Waals surface area contributed by atoms with E-state index in [0.717, 1.165) is 67.5 Å². The number of anilines is 1. The van der Waals surface area contributed by atoms with Crippen LogP contribution < -0.4 is 4.90 Å². The molecule has 1 amide bonds. The van der Waals surface area contributed by atoms with Crippen LogP contribution in [0, 0.1) is 25.7 Å². The van der Waals surface area contributed by atoms with Gasteiger partial charge in [0.15, 0.2) is 0 Å². The first-order valence-corrected chi connectivity index (χ1v) is 10.4. The van der Waals surface area contributed by atoms with Crippen LogP contribution in [0.5, 0.6) is 0 Å². The van der Waals surface area contributed by atoms with Gasteiger partial charge < -0.3 is 9.80 Å². The van der Waals surface area contributed by atoms with E-state index in [-0.39, 0.29) is 0 Å². The molecule has 2 aromatic heterocycles. The Bertz CT molecular complexity index is 914. The molecular weight excluding hydrogens is 350 g/mol. The van der Waals surface area contributed by atoms with Crippen molar-refractivity contribution in [1.29, 1.82) is 0 Å². The number of aryl methyl sites for hydroxylation is 2. The Balaban J connectivity index is 1.41. The second-order valence-electron chi connectivity index (χ2n) is 8.60. The van der Waals surface area contributed by atoms with Crippen molar-refractivity contribution >= 4 is 11.9 Å². The maximum atomic E-state index is 12.4. The molecule has 6 nitrogen and oxygen atoms in total. The molecule has 3 aliphatic heterocycles. The molecule has 5 rings (SSSR count). The van der Waals surface area contributed by atoms with Crippen molar-refractivity contribution in [2.75, 3.05) is 24.5 Å². The summed E-state index contributed by atoms with van der Waals surface area (Å²) < 4.78 is 0. The predicted octanol–water partition coefficient (Wildman–Crippen LogP) is 2.99. The molecule has 6 heteroatoms. The van der Waals surface area contributed by atoms with Crippen LogP contribution in [-0.4, -0.2) is 51.4 Å². The van der Waals surface area contributed by atoms with Gasteiger partial charge in [-0.2, -0.15) is 0 Å². The summed E-state index contributed by atoms with van der Waals surface area (Å²) in [5.41, 5.74) is 4.01. The fourth-order valence-corrected chi connectivity index (χ4v) is 5.38. The average Bonchev–Trinajstić information content (AvgIpc) is 2.69. The van der Waals surface area contributed by atoms with Crippen molar-refractivity contribution in [3.8, 4) is 11.3 Å². The summed E-state index contributed by atoms with van der Waals surface area (Å²) in [6.07, 6.45) is 6.00. The molecule has 0 aliphatic carbocycles. The smallest absolute Gasteiger partial charge is 0.225 e. The highest BCUT2D eigenvalue weighted by Crippen LogP contribution is 2.38. The van der Waals surface area contributed by atoms with Crippen molar-refractivity contribution in [3.05, 3.63) is 35.8 Å². The van der Waals surface area contributed by atoms with Crippen molar-refractivity contribution < 1.29 is 4.79 Å². The van der Waals surface area contributed by atoms with Crippen LogP contribution in [0.3, 0.4) is 0 Å². The number of amides is 1. The van der Waals surface area contributed by atoms with Crippen molar-refractivity contribution in [3.63, 3.8) is 0 Å². The SMILES string of the molecule is Cc1ccc(-c2ccnc(N3C[C@H]4C[C@H](C3)[C@@H]3CCCC(=O)N3C4)n2)c(C)n1. The summed E-state index contributed by atoms with van der Waals surface area (Å²) in [5.74, 6) is 2.22. The fraction of sp³-hybridized carbons (Fsp3) is 0.545. The zero-order valence-electron chi connectivity index (χ0n) is 16.6. The van der Waals surface area contributed by atoms with Crippen molar-refractivity contribution in [2.45, 2.75) is 45.6 Å². The fourth-order valence-electron chi connectivity index (χ4n) is 5.38. The van der Waals surface area contributed by atoms with Crippen LogP contribution in [0.2, 0.25) is 0 Å². The Morgan fingerprint density at radius 1 is 1.07 bits per heavy atom. The second kappa shape index (κ2) is 6.83. The predicted molar refractivity (Wildman–Crippen MR) is 108 cm³/mol. The second-order valence-corrected chi connectivity index (χ2v) is 8.60. The number of hydrogen-bond donors (Lipinski definition) is 0. The van der Waals surface area contributed by atoms with Gasteiger partial charge in [-0.05, 0) is 63.1 Å². The number of carbonyl (C=O) groups is 1. The third-order valence-electron chi connectivity index (χ3n) is 6.61. The molecule has 5 heterocycles. The summed E-state index contributed by atoms with van der Waals surface area (Å²) in [4.78, 5) is 30.9. The molecule has 2 bridgehead atoms. The minimum atomic E-state index is 0.361. The van der Waals surface area contributed by atoms with E-state index in [2.05, 4.69) is 25.8 Å². The lowest BCUT2D eigenvalue weighted by atomic mass is 9.76. The van der Waals surface area contributed by atoms with Gasteiger partial charge in [-0.3, -0.25) is 9.78 Å². The van der Waals surface area contributed by atoms with Crippen LogP contribution in [0.15, 0.2) is 24.4 Å².